The Balaban J connectivity index is 2.79. The molecule has 0 aliphatic rings. The summed E-state index contributed by atoms with van der Waals surface area (Å²) in [5, 5.41) is 0.783. The molecule has 0 amide bonds. The average Bonchev–Trinajstić information content (AvgIpc) is 2.37. The Bertz CT molecular complexity index is 369. The highest BCUT2D eigenvalue weighted by atomic mass is 79.9. The second kappa shape index (κ2) is 8.77. The SMILES string of the molecule is CCOCCOc1c(Br)cc(CBr)cc1OCC. The maximum Gasteiger partial charge on any atom is 0.175 e. The summed E-state index contributed by atoms with van der Waals surface area (Å²) in [5.41, 5.74) is 1.14. The van der Waals surface area contributed by atoms with Gasteiger partial charge in [0.05, 0.1) is 17.7 Å². The van der Waals surface area contributed by atoms with Crippen molar-refractivity contribution in [2.45, 2.75) is 19.2 Å². The molecule has 1 aromatic rings. The third-order valence-electron chi connectivity index (χ3n) is 2.20. The lowest BCUT2D eigenvalue weighted by molar-refractivity contribution is 0.108. The van der Waals surface area contributed by atoms with E-state index < -0.39 is 0 Å². The van der Waals surface area contributed by atoms with E-state index in [0.717, 1.165) is 26.9 Å². The molecule has 0 saturated carbocycles. The van der Waals surface area contributed by atoms with Crippen molar-refractivity contribution in [3.63, 3.8) is 0 Å². The summed E-state index contributed by atoms with van der Waals surface area (Å²) in [4.78, 5) is 0. The summed E-state index contributed by atoms with van der Waals surface area (Å²) in [6.45, 7) is 6.32. The number of halogens is 2. The third-order valence-corrected chi connectivity index (χ3v) is 3.44. The first-order valence-corrected chi connectivity index (χ1v) is 7.86. The Morgan fingerprint density at radius 1 is 1.06 bits per heavy atom. The standard InChI is InChI=1S/C13H18Br2O3/c1-3-16-5-6-18-13-11(15)7-10(9-14)8-12(13)17-4-2/h7-8H,3-6,9H2,1-2H3. The van der Waals surface area contributed by atoms with E-state index >= 15 is 0 Å². The molecule has 0 fully saturated rings. The van der Waals surface area contributed by atoms with Crippen molar-refractivity contribution < 1.29 is 14.2 Å². The fourth-order valence-electron chi connectivity index (χ4n) is 1.45. The van der Waals surface area contributed by atoms with Gasteiger partial charge >= 0.3 is 0 Å². The number of alkyl halides is 1. The van der Waals surface area contributed by atoms with Gasteiger partial charge in [-0.05, 0) is 47.5 Å². The van der Waals surface area contributed by atoms with Gasteiger partial charge in [0.25, 0.3) is 0 Å². The molecular formula is C13H18Br2O3. The first kappa shape index (κ1) is 15.8. The van der Waals surface area contributed by atoms with E-state index in [-0.39, 0.29) is 0 Å². The van der Waals surface area contributed by atoms with E-state index in [0.29, 0.717) is 26.4 Å². The molecule has 0 aliphatic heterocycles. The molecule has 1 rings (SSSR count). The molecule has 1 aromatic carbocycles. The first-order chi connectivity index (χ1) is 8.72. The summed E-state index contributed by atoms with van der Waals surface area (Å²) in [6.07, 6.45) is 0. The molecule has 0 radical (unpaired) electrons. The Labute approximate surface area is 125 Å². The molecule has 0 bridgehead atoms. The van der Waals surface area contributed by atoms with Gasteiger partial charge in [-0.3, -0.25) is 0 Å². The molecule has 0 heterocycles. The Hall–Kier alpha value is -0.260. The molecular weight excluding hydrogens is 364 g/mol. The van der Waals surface area contributed by atoms with Crippen molar-refractivity contribution in [2.75, 3.05) is 26.4 Å². The van der Waals surface area contributed by atoms with Gasteiger partial charge in [-0.1, -0.05) is 15.9 Å². The van der Waals surface area contributed by atoms with Crippen LogP contribution in [0.4, 0.5) is 0 Å². The summed E-state index contributed by atoms with van der Waals surface area (Å²) < 4.78 is 17.5. The smallest absolute Gasteiger partial charge is 0.175 e. The Morgan fingerprint density at radius 3 is 2.44 bits per heavy atom. The van der Waals surface area contributed by atoms with Crippen LogP contribution in [0.15, 0.2) is 16.6 Å². The van der Waals surface area contributed by atoms with Crippen molar-refractivity contribution >= 4 is 31.9 Å². The topological polar surface area (TPSA) is 27.7 Å². The fourth-order valence-corrected chi connectivity index (χ4v) is 2.38. The van der Waals surface area contributed by atoms with Gasteiger partial charge in [0.1, 0.15) is 6.61 Å². The fraction of sp³-hybridized carbons (Fsp3) is 0.538. The summed E-state index contributed by atoms with van der Waals surface area (Å²) in [6, 6.07) is 4.01. The zero-order valence-electron chi connectivity index (χ0n) is 10.7. The molecule has 0 spiro atoms. The van der Waals surface area contributed by atoms with Gasteiger partial charge in [-0.2, -0.15) is 0 Å². The predicted molar refractivity (Wildman–Crippen MR) is 79.9 cm³/mol. The van der Waals surface area contributed by atoms with Gasteiger partial charge in [-0.25, -0.2) is 0 Å². The van der Waals surface area contributed by atoms with E-state index in [4.69, 9.17) is 14.2 Å². The number of rotatable bonds is 8. The lowest BCUT2D eigenvalue weighted by Crippen LogP contribution is -2.08. The molecule has 0 aromatic heterocycles. The highest BCUT2D eigenvalue weighted by Gasteiger charge is 2.11. The number of hydrogen-bond acceptors (Lipinski definition) is 3. The maximum atomic E-state index is 5.71. The quantitative estimate of drug-likeness (QED) is 0.499. The zero-order valence-corrected chi connectivity index (χ0v) is 13.8. The minimum atomic E-state index is 0.514. The summed E-state index contributed by atoms with van der Waals surface area (Å²) in [7, 11) is 0. The normalized spacial score (nSPS) is 10.4. The van der Waals surface area contributed by atoms with E-state index in [9.17, 15) is 0 Å². The van der Waals surface area contributed by atoms with Crippen LogP contribution in [0.25, 0.3) is 0 Å². The van der Waals surface area contributed by atoms with Crippen LogP contribution in [-0.2, 0) is 10.1 Å². The third kappa shape index (κ3) is 4.78. The second-order valence-corrected chi connectivity index (χ2v) is 4.93. The molecule has 0 N–H and O–H groups in total. The van der Waals surface area contributed by atoms with E-state index in [1.54, 1.807) is 0 Å². The lowest BCUT2D eigenvalue weighted by Gasteiger charge is -2.14. The summed E-state index contributed by atoms with van der Waals surface area (Å²) in [5.74, 6) is 1.50. The van der Waals surface area contributed by atoms with E-state index in [2.05, 4.69) is 31.9 Å². The number of benzene rings is 1. The average molecular weight is 382 g/mol. The molecule has 18 heavy (non-hydrogen) atoms. The largest absolute Gasteiger partial charge is 0.490 e. The molecule has 0 atom stereocenters. The number of hydrogen-bond donors (Lipinski definition) is 0. The first-order valence-electron chi connectivity index (χ1n) is 5.94. The van der Waals surface area contributed by atoms with Crippen molar-refractivity contribution in [3.05, 3.63) is 22.2 Å². The monoisotopic (exact) mass is 380 g/mol. The Kier molecular flexibility index (Phi) is 7.70. The van der Waals surface area contributed by atoms with Crippen molar-refractivity contribution in [1.29, 1.82) is 0 Å². The van der Waals surface area contributed by atoms with Crippen LogP contribution >= 0.6 is 31.9 Å². The van der Waals surface area contributed by atoms with Gasteiger partial charge in [0.15, 0.2) is 11.5 Å². The van der Waals surface area contributed by atoms with Crippen LogP contribution in [-0.4, -0.2) is 26.4 Å². The van der Waals surface area contributed by atoms with Crippen LogP contribution < -0.4 is 9.47 Å². The minimum absolute atomic E-state index is 0.514. The molecule has 102 valence electrons. The van der Waals surface area contributed by atoms with Gasteiger partial charge in [0.2, 0.25) is 0 Å². The zero-order chi connectivity index (χ0) is 13.4. The number of ether oxygens (including phenoxy) is 3. The molecule has 0 aliphatic carbocycles. The van der Waals surface area contributed by atoms with Gasteiger partial charge in [0, 0.05) is 11.9 Å². The van der Waals surface area contributed by atoms with Crippen molar-refractivity contribution in [3.8, 4) is 11.5 Å². The molecule has 0 unspecified atom stereocenters. The van der Waals surface area contributed by atoms with Crippen LogP contribution in [0.2, 0.25) is 0 Å². The van der Waals surface area contributed by atoms with Gasteiger partial charge < -0.3 is 14.2 Å². The van der Waals surface area contributed by atoms with Crippen LogP contribution in [0.5, 0.6) is 11.5 Å². The van der Waals surface area contributed by atoms with E-state index in [1.165, 1.54) is 0 Å². The highest BCUT2D eigenvalue weighted by Crippen LogP contribution is 2.37. The maximum absolute atomic E-state index is 5.71. The van der Waals surface area contributed by atoms with Crippen molar-refractivity contribution in [1.82, 2.24) is 0 Å². The van der Waals surface area contributed by atoms with Crippen LogP contribution in [0.1, 0.15) is 19.4 Å². The summed E-state index contributed by atoms with van der Waals surface area (Å²) >= 11 is 6.95. The lowest BCUT2D eigenvalue weighted by atomic mass is 10.2. The predicted octanol–water partition coefficient (Wildman–Crippen LogP) is 4.16. The van der Waals surface area contributed by atoms with Gasteiger partial charge in [-0.15, -0.1) is 0 Å². The Morgan fingerprint density at radius 2 is 1.83 bits per heavy atom. The van der Waals surface area contributed by atoms with E-state index in [1.807, 2.05) is 26.0 Å². The molecule has 5 heteroatoms. The molecule has 3 nitrogen and oxygen atoms in total. The molecule has 0 saturated heterocycles. The second-order valence-electron chi connectivity index (χ2n) is 3.52. The van der Waals surface area contributed by atoms with Crippen molar-refractivity contribution in [2.24, 2.45) is 0 Å². The van der Waals surface area contributed by atoms with Crippen LogP contribution in [0.3, 0.4) is 0 Å². The highest BCUT2D eigenvalue weighted by molar-refractivity contribution is 9.10. The minimum Gasteiger partial charge on any atom is -0.490 e. The van der Waals surface area contributed by atoms with Crippen LogP contribution in [0, 0.1) is 0 Å².